The first kappa shape index (κ1) is 18.5. The van der Waals surface area contributed by atoms with Gasteiger partial charge < -0.3 is 5.11 Å². The van der Waals surface area contributed by atoms with Gasteiger partial charge in [-0.05, 0) is 59.5 Å². The second-order valence-electron chi connectivity index (χ2n) is 6.50. The molecule has 1 saturated heterocycles. The average Bonchev–Trinajstić information content (AvgIpc) is 2.61. The van der Waals surface area contributed by atoms with E-state index in [0.717, 1.165) is 22.3 Å². The van der Waals surface area contributed by atoms with Crippen molar-refractivity contribution >= 4 is 26.0 Å². The third kappa shape index (κ3) is 4.11. The molecule has 25 heavy (non-hydrogen) atoms. The van der Waals surface area contributed by atoms with Gasteiger partial charge in [-0.1, -0.05) is 23.8 Å². The Morgan fingerprint density at radius 2 is 1.92 bits per heavy atom. The molecule has 0 aliphatic carbocycles. The Hall–Kier alpha value is -1.28. The fraction of sp³-hybridized carbons (Fsp3) is 0.389. The largest absolute Gasteiger partial charge is 0.396 e. The van der Waals surface area contributed by atoms with Gasteiger partial charge in [0.1, 0.15) is 4.60 Å². The third-order valence-electron chi connectivity index (χ3n) is 4.58. The molecule has 7 heteroatoms. The van der Waals surface area contributed by atoms with Gasteiger partial charge in [-0.15, -0.1) is 0 Å². The molecule has 1 aliphatic rings. The first-order chi connectivity index (χ1) is 11.9. The number of pyridine rings is 1. The van der Waals surface area contributed by atoms with Crippen molar-refractivity contribution in [2.24, 2.45) is 5.92 Å². The minimum atomic E-state index is -3.59. The molecule has 2 atom stereocenters. The number of piperidine rings is 1. The molecule has 1 aromatic heterocycles. The van der Waals surface area contributed by atoms with Gasteiger partial charge in [0.25, 0.3) is 0 Å². The van der Waals surface area contributed by atoms with Gasteiger partial charge in [0, 0.05) is 31.3 Å². The van der Waals surface area contributed by atoms with Gasteiger partial charge in [-0.2, -0.15) is 4.31 Å². The van der Waals surface area contributed by atoms with Crippen LogP contribution >= 0.6 is 15.9 Å². The predicted octanol–water partition coefficient (Wildman–Crippen LogP) is 2.94. The zero-order chi connectivity index (χ0) is 18.0. The summed E-state index contributed by atoms with van der Waals surface area (Å²) in [5.41, 5.74) is 1.86. The van der Waals surface area contributed by atoms with Crippen molar-refractivity contribution in [2.45, 2.75) is 24.2 Å². The van der Waals surface area contributed by atoms with Gasteiger partial charge in [-0.25, -0.2) is 13.4 Å². The molecule has 2 heterocycles. The highest BCUT2D eigenvalue weighted by Crippen LogP contribution is 2.32. The minimum Gasteiger partial charge on any atom is -0.396 e. The maximum atomic E-state index is 13.0. The normalized spacial score (nSPS) is 22.0. The van der Waals surface area contributed by atoms with Crippen molar-refractivity contribution in [3.63, 3.8) is 0 Å². The summed E-state index contributed by atoms with van der Waals surface area (Å²) < 4.78 is 28.2. The van der Waals surface area contributed by atoms with Crippen LogP contribution in [0.15, 0.2) is 52.0 Å². The lowest BCUT2D eigenvalue weighted by Gasteiger charge is -2.36. The van der Waals surface area contributed by atoms with Crippen molar-refractivity contribution < 1.29 is 13.5 Å². The van der Waals surface area contributed by atoms with E-state index in [1.54, 1.807) is 24.3 Å². The number of aryl methyl sites for hydroxylation is 1. The lowest BCUT2D eigenvalue weighted by Crippen LogP contribution is -2.44. The second kappa shape index (κ2) is 7.53. The molecule has 1 aliphatic heterocycles. The Morgan fingerprint density at radius 1 is 1.20 bits per heavy atom. The van der Waals surface area contributed by atoms with Crippen molar-refractivity contribution in [3.05, 3.63) is 58.3 Å². The SMILES string of the molecule is Cc1ccc(S(=O)(=O)N2C[C@H](CO)C[C@H](c3cccc(Br)n3)C2)cc1. The van der Waals surface area contributed by atoms with Crippen LogP contribution in [0.4, 0.5) is 0 Å². The molecule has 3 rings (SSSR count). The summed E-state index contributed by atoms with van der Waals surface area (Å²) in [7, 11) is -3.59. The number of hydrogen-bond acceptors (Lipinski definition) is 4. The van der Waals surface area contributed by atoms with Gasteiger partial charge >= 0.3 is 0 Å². The number of hydrogen-bond donors (Lipinski definition) is 1. The second-order valence-corrected chi connectivity index (χ2v) is 9.25. The van der Waals surface area contributed by atoms with E-state index in [1.807, 2.05) is 25.1 Å². The van der Waals surface area contributed by atoms with Gasteiger partial charge in [0.05, 0.1) is 4.90 Å². The number of aliphatic hydroxyl groups excluding tert-OH is 1. The topological polar surface area (TPSA) is 70.5 Å². The summed E-state index contributed by atoms with van der Waals surface area (Å²) in [6, 6.07) is 12.5. The number of nitrogens with zero attached hydrogens (tertiary/aromatic N) is 2. The fourth-order valence-electron chi connectivity index (χ4n) is 3.21. The molecular weight excluding hydrogens is 404 g/mol. The van der Waals surface area contributed by atoms with Crippen LogP contribution in [-0.4, -0.2) is 42.5 Å². The monoisotopic (exact) mass is 424 g/mol. The Balaban J connectivity index is 1.91. The molecule has 0 bridgehead atoms. The van der Waals surface area contributed by atoms with Crippen LogP contribution in [0.25, 0.3) is 0 Å². The van der Waals surface area contributed by atoms with Crippen LogP contribution in [0.1, 0.15) is 23.6 Å². The molecular formula is C18H21BrN2O3S. The van der Waals surface area contributed by atoms with Crippen molar-refractivity contribution in [1.29, 1.82) is 0 Å². The average molecular weight is 425 g/mol. The Morgan fingerprint density at radius 3 is 2.56 bits per heavy atom. The molecule has 1 fully saturated rings. The molecule has 0 radical (unpaired) electrons. The summed E-state index contributed by atoms with van der Waals surface area (Å²) in [6.45, 7) is 2.59. The Labute approximate surface area is 156 Å². The van der Waals surface area contributed by atoms with E-state index >= 15 is 0 Å². The number of aromatic nitrogens is 1. The van der Waals surface area contributed by atoms with E-state index in [9.17, 15) is 13.5 Å². The number of sulfonamides is 1. The summed E-state index contributed by atoms with van der Waals surface area (Å²) in [4.78, 5) is 4.77. The number of aliphatic hydroxyl groups is 1. The summed E-state index contributed by atoms with van der Waals surface area (Å²) in [5.74, 6) is -0.136. The lowest BCUT2D eigenvalue weighted by atomic mass is 9.88. The number of benzene rings is 1. The third-order valence-corrected chi connectivity index (χ3v) is 6.86. The van der Waals surface area contributed by atoms with Crippen LogP contribution < -0.4 is 0 Å². The van der Waals surface area contributed by atoms with E-state index in [1.165, 1.54) is 4.31 Å². The van der Waals surface area contributed by atoms with E-state index in [-0.39, 0.29) is 23.3 Å². The van der Waals surface area contributed by atoms with E-state index < -0.39 is 10.0 Å². The van der Waals surface area contributed by atoms with Crippen LogP contribution in [0.2, 0.25) is 0 Å². The quantitative estimate of drug-likeness (QED) is 0.765. The van der Waals surface area contributed by atoms with E-state index in [2.05, 4.69) is 20.9 Å². The molecule has 134 valence electrons. The molecule has 0 unspecified atom stereocenters. The van der Waals surface area contributed by atoms with Crippen LogP contribution in [0, 0.1) is 12.8 Å². The summed E-state index contributed by atoms with van der Waals surface area (Å²) >= 11 is 3.37. The predicted molar refractivity (Wildman–Crippen MR) is 99.8 cm³/mol. The van der Waals surface area contributed by atoms with Crippen LogP contribution in [0.5, 0.6) is 0 Å². The summed E-state index contributed by atoms with van der Waals surface area (Å²) in [5, 5.41) is 9.65. The molecule has 0 spiro atoms. The molecule has 0 amide bonds. The molecule has 0 saturated carbocycles. The molecule has 5 nitrogen and oxygen atoms in total. The Kier molecular flexibility index (Phi) is 5.58. The smallest absolute Gasteiger partial charge is 0.243 e. The van der Waals surface area contributed by atoms with Gasteiger partial charge in [0.2, 0.25) is 10.0 Å². The molecule has 1 aromatic carbocycles. The standard InChI is InChI=1S/C18H21BrN2O3S/c1-13-5-7-16(8-6-13)25(23,24)21-10-14(12-22)9-15(11-21)17-3-2-4-18(19)20-17/h2-8,14-15,22H,9-12H2,1H3/t14-,15+/m1/s1. The first-order valence-electron chi connectivity index (χ1n) is 8.20. The molecule has 1 N–H and O–H groups in total. The molecule has 2 aromatic rings. The van der Waals surface area contributed by atoms with Gasteiger partial charge in [0.15, 0.2) is 0 Å². The first-order valence-corrected chi connectivity index (χ1v) is 10.4. The minimum absolute atomic E-state index is 0.0373. The van der Waals surface area contributed by atoms with E-state index in [0.29, 0.717) is 13.1 Å². The van der Waals surface area contributed by atoms with Crippen molar-refractivity contribution in [3.8, 4) is 0 Å². The fourth-order valence-corrected chi connectivity index (χ4v) is 5.13. The van der Waals surface area contributed by atoms with E-state index in [4.69, 9.17) is 0 Å². The van der Waals surface area contributed by atoms with Gasteiger partial charge in [-0.3, -0.25) is 0 Å². The summed E-state index contributed by atoms with van der Waals surface area (Å²) in [6.07, 6.45) is 0.722. The highest BCUT2D eigenvalue weighted by molar-refractivity contribution is 9.10. The zero-order valence-corrected chi connectivity index (χ0v) is 16.4. The highest BCUT2D eigenvalue weighted by Gasteiger charge is 2.35. The Bertz CT molecular complexity index is 840. The lowest BCUT2D eigenvalue weighted by molar-refractivity contribution is 0.152. The van der Waals surface area contributed by atoms with Crippen LogP contribution in [-0.2, 0) is 10.0 Å². The van der Waals surface area contributed by atoms with Crippen molar-refractivity contribution in [1.82, 2.24) is 9.29 Å². The van der Waals surface area contributed by atoms with Crippen LogP contribution in [0.3, 0.4) is 0 Å². The maximum absolute atomic E-state index is 13.0. The zero-order valence-electron chi connectivity index (χ0n) is 14.0. The maximum Gasteiger partial charge on any atom is 0.243 e. The number of rotatable bonds is 4. The van der Waals surface area contributed by atoms with Crippen molar-refractivity contribution in [2.75, 3.05) is 19.7 Å². The highest BCUT2D eigenvalue weighted by atomic mass is 79.9. The number of halogens is 1.